The number of halogens is 1. The van der Waals surface area contributed by atoms with Crippen LogP contribution in [0.2, 0.25) is 5.28 Å². The molecule has 2 aromatic heterocycles. The van der Waals surface area contributed by atoms with Crippen LogP contribution in [0.4, 0.5) is 0 Å². The molecule has 0 radical (unpaired) electrons. The van der Waals surface area contributed by atoms with Gasteiger partial charge in [-0.2, -0.15) is 4.98 Å². The van der Waals surface area contributed by atoms with E-state index in [1.54, 1.807) is 11.7 Å². The minimum Gasteiger partial charge on any atom is -0.497 e. The molecule has 29 heavy (non-hydrogen) atoms. The standard InChI is InChI=1S/C21H19ClN4O3/c1-24-19(27)17-18(23-20(22)25(17)12-14-6-4-3-5-7-14)26(21(24)28)13-15-8-10-16(29-2)11-9-15/h3-11H,12-13H2,1-2H3. The van der Waals surface area contributed by atoms with E-state index in [0.29, 0.717) is 12.1 Å². The van der Waals surface area contributed by atoms with Gasteiger partial charge in [0.1, 0.15) is 5.75 Å². The van der Waals surface area contributed by atoms with E-state index in [2.05, 4.69) is 4.98 Å². The van der Waals surface area contributed by atoms with Crippen molar-refractivity contribution < 1.29 is 4.74 Å². The second kappa shape index (κ2) is 7.60. The number of imidazole rings is 1. The summed E-state index contributed by atoms with van der Waals surface area (Å²) in [6.07, 6.45) is 0. The molecule has 4 rings (SSSR count). The molecule has 148 valence electrons. The molecule has 0 amide bonds. The fourth-order valence-corrected chi connectivity index (χ4v) is 3.52. The van der Waals surface area contributed by atoms with Crippen LogP contribution in [-0.2, 0) is 20.1 Å². The number of nitrogens with zero attached hydrogens (tertiary/aromatic N) is 4. The van der Waals surface area contributed by atoms with Gasteiger partial charge in [0.15, 0.2) is 11.2 Å². The average molecular weight is 411 g/mol. The molecule has 0 saturated carbocycles. The Morgan fingerprint density at radius 3 is 2.21 bits per heavy atom. The Morgan fingerprint density at radius 2 is 1.55 bits per heavy atom. The lowest BCUT2D eigenvalue weighted by Crippen LogP contribution is -2.39. The zero-order chi connectivity index (χ0) is 20.5. The first kappa shape index (κ1) is 19.0. The van der Waals surface area contributed by atoms with Gasteiger partial charge in [0, 0.05) is 7.05 Å². The first-order valence-corrected chi connectivity index (χ1v) is 9.40. The van der Waals surface area contributed by atoms with Crippen LogP contribution in [0.15, 0.2) is 64.2 Å². The van der Waals surface area contributed by atoms with E-state index in [0.717, 1.165) is 21.4 Å². The number of benzene rings is 2. The lowest BCUT2D eigenvalue weighted by atomic mass is 10.2. The van der Waals surface area contributed by atoms with Gasteiger partial charge in [0.25, 0.3) is 5.56 Å². The normalized spacial score (nSPS) is 11.1. The Labute approximate surface area is 171 Å². The fraction of sp³-hybridized carbons (Fsp3) is 0.190. The molecule has 8 heteroatoms. The van der Waals surface area contributed by atoms with Crippen LogP contribution in [0.25, 0.3) is 11.2 Å². The molecular weight excluding hydrogens is 392 g/mol. The molecule has 0 N–H and O–H groups in total. The second-order valence-electron chi connectivity index (χ2n) is 6.71. The highest BCUT2D eigenvalue weighted by Gasteiger charge is 2.20. The number of fused-ring (bicyclic) bond motifs is 1. The van der Waals surface area contributed by atoms with Crippen LogP contribution in [0.3, 0.4) is 0 Å². The van der Waals surface area contributed by atoms with Crippen molar-refractivity contribution in [1.29, 1.82) is 0 Å². The second-order valence-corrected chi connectivity index (χ2v) is 7.04. The van der Waals surface area contributed by atoms with Crippen molar-refractivity contribution in [2.24, 2.45) is 7.05 Å². The SMILES string of the molecule is COc1ccc(Cn2c(=O)n(C)c(=O)c3c2nc(Cl)n3Cc2ccccc2)cc1. The summed E-state index contributed by atoms with van der Waals surface area (Å²) in [4.78, 5) is 30.0. The third kappa shape index (κ3) is 3.45. The Hall–Kier alpha value is -3.32. The Bertz CT molecular complexity index is 1290. The smallest absolute Gasteiger partial charge is 0.332 e. The van der Waals surface area contributed by atoms with Crippen LogP contribution in [0.1, 0.15) is 11.1 Å². The first-order chi connectivity index (χ1) is 14.0. The van der Waals surface area contributed by atoms with Crippen molar-refractivity contribution in [3.8, 4) is 5.75 Å². The number of aromatic nitrogens is 4. The van der Waals surface area contributed by atoms with E-state index in [4.69, 9.17) is 16.3 Å². The van der Waals surface area contributed by atoms with Gasteiger partial charge >= 0.3 is 5.69 Å². The highest BCUT2D eigenvalue weighted by atomic mass is 35.5. The predicted molar refractivity (Wildman–Crippen MR) is 112 cm³/mol. The van der Waals surface area contributed by atoms with Crippen molar-refractivity contribution >= 4 is 22.8 Å². The number of ether oxygens (including phenoxy) is 1. The molecule has 0 atom stereocenters. The van der Waals surface area contributed by atoms with E-state index in [1.165, 1.54) is 11.6 Å². The van der Waals surface area contributed by atoms with Gasteiger partial charge in [0.2, 0.25) is 5.28 Å². The Morgan fingerprint density at radius 1 is 0.931 bits per heavy atom. The zero-order valence-electron chi connectivity index (χ0n) is 16.0. The fourth-order valence-electron chi connectivity index (χ4n) is 3.30. The molecule has 0 aliphatic rings. The first-order valence-electron chi connectivity index (χ1n) is 9.02. The van der Waals surface area contributed by atoms with Gasteiger partial charge in [-0.15, -0.1) is 0 Å². The summed E-state index contributed by atoms with van der Waals surface area (Å²) in [6, 6.07) is 17.0. The lowest BCUT2D eigenvalue weighted by molar-refractivity contribution is 0.414. The highest BCUT2D eigenvalue weighted by Crippen LogP contribution is 2.19. The summed E-state index contributed by atoms with van der Waals surface area (Å²) in [6.45, 7) is 0.637. The molecule has 7 nitrogen and oxygen atoms in total. The minimum absolute atomic E-state index is 0.162. The van der Waals surface area contributed by atoms with Crippen molar-refractivity contribution in [3.05, 3.63) is 91.8 Å². The van der Waals surface area contributed by atoms with Crippen LogP contribution >= 0.6 is 11.6 Å². The third-order valence-electron chi connectivity index (χ3n) is 4.87. The molecule has 0 unspecified atom stereocenters. The number of rotatable bonds is 5. The van der Waals surface area contributed by atoms with Crippen LogP contribution in [0, 0.1) is 0 Å². The molecule has 2 aromatic carbocycles. The Kier molecular flexibility index (Phi) is 4.98. The molecule has 2 heterocycles. The van der Waals surface area contributed by atoms with Gasteiger partial charge in [0.05, 0.1) is 20.2 Å². The maximum absolute atomic E-state index is 12.9. The number of hydrogen-bond acceptors (Lipinski definition) is 4. The van der Waals surface area contributed by atoms with Crippen molar-refractivity contribution in [2.45, 2.75) is 13.1 Å². The minimum atomic E-state index is -0.445. The molecule has 0 bridgehead atoms. The summed E-state index contributed by atoms with van der Waals surface area (Å²) in [7, 11) is 3.06. The molecule has 0 aliphatic carbocycles. The largest absolute Gasteiger partial charge is 0.497 e. The van der Waals surface area contributed by atoms with Crippen molar-refractivity contribution in [1.82, 2.24) is 18.7 Å². The summed E-state index contributed by atoms with van der Waals surface area (Å²) >= 11 is 6.38. The monoisotopic (exact) mass is 410 g/mol. The van der Waals surface area contributed by atoms with Gasteiger partial charge in [-0.3, -0.25) is 13.9 Å². The average Bonchev–Trinajstić information content (AvgIpc) is 3.07. The Balaban J connectivity index is 1.87. The van der Waals surface area contributed by atoms with Gasteiger partial charge in [-0.05, 0) is 34.9 Å². The van der Waals surface area contributed by atoms with Crippen LogP contribution < -0.4 is 16.0 Å². The summed E-state index contributed by atoms with van der Waals surface area (Å²) in [5, 5.41) is 0.162. The van der Waals surface area contributed by atoms with E-state index in [9.17, 15) is 9.59 Å². The van der Waals surface area contributed by atoms with E-state index in [1.807, 2.05) is 54.6 Å². The molecular formula is C21H19ClN4O3. The van der Waals surface area contributed by atoms with Crippen molar-refractivity contribution in [3.63, 3.8) is 0 Å². The topological polar surface area (TPSA) is 71.1 Å². The maximum atomic E-state index is 12.9. The van der Waals surface area contributed by atoms with Gasteiger partial charge in [-0.25, -0.2) is 4.79 Å². The highest BCUT2D eigenvalue weighted by molar-refractivity contribution is 6.29. The molecule has 0 aliphatic heterocycles. The number of hydrogen-bond donors (Lipinski definition) is 0. The molecule has 4 aromatic rings. The van der Waals surface area contributed by atoms with E-state index < -0.39 is 11.2 Å². The van der Waals surface area contributed by atoms with E-state index >= 15 is 0 Å². The quantitative estimate of drug-likeness (QED) is 0.474. The molecule has 0 spiro atoms. The van der Waals surface area contributed by atoms with E-state index in [-0.39, 0.29) is 17.5 Å². The predicted octanol–water partition coefficient (Wildman–Crippen LogP) is 2.66. The third-order valence-corrected chi connectivity index (χ3v) is 5.16. The zero-order valence-corrected chi connectivity index (χ0v) is 16.8. The summed E-state index contributed by atoms with van der Waals surface area (Å²) < 4.78 is 9.37. The summed E-state index contributed by atoms with van der Waals surface area (Å²) in [5.41, 5.74) is 1.56. The van der Waals surface area contributed by atoms with Crippen molar-refractivity contribution in [2.75, 3.05) is 7.11 Å². The summed E-state index contributed by atoms with van der Waals surface area (Å²) in [5.74, 6) is 0.724. The van der Waals surface area contributed by atoms with Gasteiger partial charge in [-0.1, -0.05) is 42.5 Å². The molecule has 0 fully saturated rings. The lowest BCUT2D eigenvalue weighted by Gasteiger charge is -2.11. The maximum Gasteiger partial charge on any atom is 0.332 e. The molecule has 0 saturated heterocycles. The number of methoxy groups -OCH3 is 1. The van der Waals surface area contributed by atoms with Crippen LogP contribution in [0.5, 0.6) is 5.75 Å². The van der Waals surface area contributed by atoms with Gasteiger partial charge < -0.3 is 9.30 Å². The van der Waals surface area contributed by atoms with Crippen LogP contribution in [-0.4, -0.2) is 25.8 Å².